The molecular formula is C11H4F8NPt-. The van der Waals surface area contributed by atoms with E-state index in [0.717, 1.165) is 12.3 Å². The van der Waals surface area contributed by atoms with Crippen molar-refractivity contribution in [2.75, 3.05) is 0 Å². The summed E-state index contributed by atoms with van der Waals surface area (Å²) < 4.78 is 105. The van der Waals surface area contributed by atoms with Crippen LogP contribution in [0.3, 0.4) is 0 Å². The van der Waals surface area contributed by atoms with E-state index in [0.29, 0.717) is 12.1 Å². The summed E-state index contributed by atoms with van der Waals surface area (Å²) in [5.41, 5.74) is -3.04. The number of hydrogen-bond acceptors (Lipinski definition) is 1. The molecule has 10 heteroatoms. The topological polar surface area (TPSA) is 12.9 Å². The summed E-state index contributed by atoms with van der Waals surface area (Å²) in [5.74, 6) is -23.6. The third-order valence-electron chi connectivity index (χ3n) is 2.70. The van der Waals surface area contributed by atoms with E-state index in [9.17, 15) is 35.1 Å². The van der Waals surface area contributed by atoms with Gasteiger partial charge in [-0.3, -0.25) is 0 Å². The fraction of sp³-hybridized carbons (Fsp3) is 0.364. The zero-order valence-corrected chi connectivity index (χ0v) is 11.9. The maximum atomic E-state index is 13.5. The predicted octanol–water partition coefficient (Wildman–Crippen LogP) is 3.82. The van der Waals surface area contributed by atoms with Crippen molar-refractivity contribution in [1.82, 2.24) is 4.98 Å². The van der Waals surface area contributed by atoms with Crippen molar-refractivity contribution >= 4 is 5.57 Å². The first-order valence-corrected chi connectivity index (χ1v) is 5.03. The normalized spacial score (nSPS) is 24.7. The summed E-state index contributed by atoms with van der Waals surface area (Å²) in [5, 5.41) is 0. The van der Waals surface area contributed by atoms with Crippen molar-refractivity contribution in [3.8, 4) is 0 Å². The largest absolute Gasteiger partial charge is 0.378 e. The number of nitrogens with zero attached hydrogens (tertiary/aromatic N) is 1. The molecule has 0 aromatic carbocycles. The second kappa shape index (κ2) is 5.04. The molecule has 0 atom stereocenters. The number of halogens is 8. The number of rotatable bonds is 1. The molecule has 0 N–H and O–H groups in total. The fourth-order valence-electron chi connectivity index (χ4n) is 1.60. The smallest absolute Gasteiger partial charge is 0.351 e. The Bertz CT molecular complexity index is 555. The zero-order valence-electron chi connectivity index (χ0n) is 9.60. The Kier molecular flexibility index (Phi) is 4.33. The van der Waals surface area contributed by atoms with E-state index in [1.807, 2.05) is 0 Å². The van der Waals surface area contributed by atoms with E-state index in [1.165, 1.54) is 6.07 Å². The molecule has 0 amide bonds. The summed E-state index contributed by atoms with van der Waals surface area (Å²) in [7, 11) is 0. The van der Waals surface area contributed by atoms with Gasteiger partial charge < -0.3 is 4.98 Å². The van der Waals surface area contributed by atoms with E-state index < -0.39 is 35.0 Å². The molecule has 0 aliphatic heterocycles. The number of allylic oxidation sites excluding steroid dienone is 2. The van der Waals surface area contributed by atoms with Gasteiger partial charge in [-0.05, 0) is 6.07 Å². The maximum Gasteiger partial charge on any atom is 0.378 e. The molecule has 1 aromatic heterocycles. The SMILES string of the molecule is FC1(F)[C-]=C(c2ccccn2)C(F)(F)C(F)(F)C1(F)F.[Pt]. The van der Waals surface area contributed by atoms with Gasteiger partial charge in [-0.25, -0.2) is 8.78 Å². The van der Waals surface area contributed by atoms with Crippen LogP contribution in [0.1, 0.15) is 5.69 Å². The van der Waals surface area contributed by atoms with Gasteiger partial charge in [0.25, 0.3) is 5.92 Å². The molecule has 21 heavy (non-hydrogen) atoms. The van der Waals surface area contributed by atoms with E-state index in [1.54, 1.807) is 0 Å². The standard InChI is InChI=1S/C11H4F8N.Pt/c12-8(13)5-6(7-3-1-2-4-20-7)9(14,15)11(18,19)10(8,16)17;/h1-4H;/q-1;. The molecule has 1 aliphatic carbocycles. The molecule has 0 saturated heterocycles. The van der Waals surface area contributed by atoms with E-state index in [-0.39, 0.29) is 21.1 Å². The second-order valence-electron chi connectivity index (χ2n) is 4.01. The van der Waals surface area contributed by atoms with Crippen molar-refractivity contribution in [3.63, 3.8) is 0 Å². The van der Waals surface area contributed by atoms with Crippen molar-refractivity contribution in [2.24, 2.45) is 0 Å². The summed E-state index contributed by atoms with van der Waals surface area (Å²) in [6.07, 6.45) is 1.35. The Morgan fingerprint density at radius 1 is 0.857 bits per heavy atom. The summed E-state index contributed by atoms with van der Waals surface area (Å²) in [4.78, 5) is 3.19. The van der Waals surface area contributed by atoms with Gasteiger partial charge in [0, 0.05) is 27.3 Å². The molecule has 1 aliphatic rings. The molecule has 0 saturated carbocycles. The van der Waals surface area contributed by atoms with Crippen LogP contribution >= 0.6 is 0 Å². The molecule has 1 heterocycles. The van der Waals surface area contributed by atoms with E-state index in [4.69, 9.17) is 0 Å². The molecule has 1 nitrogen and oxygen atoms in total. The Morgan fingerprint density at radius 3 is 1.90 bits per heavy atom. The predicted molar refractivity (Wildman–Crippen MR) is 50.7 cm³/mol. The third kappa shape index (κ3) is 2.29. The number of aromatic nitrogens is 1. The van der Waals surface area contributed by atoms with Crippen LogP contribution < -0.4 is 0 Å². The molecular weight excluding hydrogens is 493 g/mol. The van der Waals surface area contributed by atoms with Gasteiger partial charge in [-0.1, -0.05) is 11.8 Å². The Labute approximate surface area is 127 Å². The van der Waals surface area contributed by atoms with Gasteiger partial charge in [0.05, 0.1) is 0 Å². The summed E-state index contributed by atoms with van der Waals surface area (Å²) in [6, 6.07) is 2.97. The monoisotopic (exact) mass is 497 g/mol. The Balaban J connectivity index is 0.00000220. The Morgan fingerprint density at radius 2 is 1.43 bits per heavy atom. The number of pyridine rings is 1. The quantitative estimate of drug-likeness (QED) is 0.425. The maximum absolute atomic E-state index is 13.5. The van der Waals surface area contributed by atoms with Crippen molar-refractivity contribution in [3.05, 3.63) is 36.2 Å². The van der Waals surface area contributed by atoms with E-state index in [2.05, 4.69) is 4.98 Å². The van der Waals surface area contributed by atoms with Crippen molar-refractivity contribution in [2.45, 2.75) is 23.7 Å². The van der Waals surface area contributed by atoms with Crippen LogP contribution in [0.2, 0.25) is 0 Å². The molecule has 1 aromatic rings. The molecule has 0 unspecified atom stereocenters. The van der Waals surface area contributed by atoms with Crippen LogP contribution in [-0.2, 0) is 21.1 Å². The first-order valence-electron chi connectivity index (χ1n) is 5.03. The van der Waals surface area contributed by atoms with Crippen LogP contribution in [0, 0.1) is 6.08 Å². The molecule has 120 valence electrons. The third-order valence-corrected chi connectivity index (χ3v) is 2.70. The van der Waals surface area contributed by atoms with Crippen molar-refractivity contribution < 1.29 is 56.2 Å². The van der Waals surface area contributed by atoms with Gasteiger partial charge in [-0.15, -0.1) is 11.6 Å². The fourth-order valence-corrected chi connectivity index (χ4v) is 1.60. The molecule has 2 rings (SSSR count). The van der Waals surface area contributed by atoms with Crippen LogP contribution in [-0.4, -0.2) is 28.7 Å². The number of hydrogen-bond donors (Lipinski definition) is 0. The minimum Gasteiger partial charge on any atom is -0.351 e. The van der Waals surface area contributed by atoms with E-state index >= 15 is 0 Å². The van der Waals surface area contributed by atoms with Gasteiger partial charge >= 0.3 is 17.8 Å². The molecule has 0 fully saturated rings. The van der Waals surface area contributed by atoms with Crippen LogP contribution in [0.15, 0.2) is 24.4 Å². The molecule has 0 radical (unpaired) electrons. The van der Waals surface area contributed by atoms with Gasteiger partial charge in [0.1, 0.15) is 0 Å². The first kappa shape index (κ1) is 18.1. The molecule has 0 spiro atoms. The average molecular weight is 497 g/mol. The zero-order chi connectivity index (χ0) is 15.4. The van der Waals surface area contributed by atoms with Gasteiger partial charge in [0.15, 0.2) is 0 Å². The van der Waals surface area contributed by atoms with Gasteiger partial charge in [-0.2, -0.15) is 32.4 Å². The second-order valence-corrected chi connectivity index (χ2v) is 4.01. The minimum absolute atomic E-state index is 0. The summed E-state index contributed by atoms with van der Waals surface area (Å²) >= 11 is 0. The van der Waals surface area contributed by atoms with Crippen molar-refractivity contribution in [1.29, 1.82) is 0 Å². The number of alkyl halides is 8. The van der Waals surface area contributed by atoms with Crippen LogP contribution in [0.5, 0.6) is 0 Å². The Hall–Kier alpha value is -0.982. The van der Waals surface area contributed by atoms with Gasteiger partial charge in [0.2, 0.25) is 0 Å². The van der Waals surface area contributed by atoms with Crippen LogP contribution in [0.4, 0.5) is 35.1 Å². The van der Waals surface area contributed by atoms with Crippen LogP contribution in [0.25, 0.3) is 5.57 Å². The molecule has 0 bridgehead atoms. The average Bonchev–Trinajstić information content (AvgIpc) is 2.35. The summed E-state index contributed by atoms with van der Waals surface area (Å²) in [6.45, 7) is 0. The first-order chi connectivity index (χ1) is 8.95. The minimum atomic E-state index is -6.28.